The number of rotatable bonds is 8. The van der Waals surface area contributed by atoms with Gasteiger partial charge >= 0.3 is 0 Å². The summed E-state index contributed by atoms with van der Waals surface area (Å²) in [5.74, 6) is 2.24. The molecule has 1 aliphatic heterocycles. The Balaban J connectivity index is 1.73. The quantitative estimate of drug-likeness (QED) is 0.372. The molecule has 0 radical (unpaired) electrons. The van der Waals surface area contributed by atoms with Crippen molar-refractivity contribution in [2.24, 2.45) is 0 Å². The fourth-order valence-corrected chi connectivity index (χ4v) is 5.56. The molecule has 2 aromatic carbocycles. The van der Waals surface area contributed by atoms with Crippen LogP contribution in [0.15, 0.2) is 64.1 Å². The van der Waals surface area contributed by atoms with Crippen molar-refractivity contribution in [3.63, 3.8) is 0 Å². The van der Waals surface area contributed by atoms with Crippen LogP contribution < -0.4 is 9.47 Å². The van der Waals surface area contributed by atoms with Gasteiger partial charge in [0, 0.05) is 24.4 Å². The van der Waals surface area contributed by atoms with Crippen LogP contribution in [0.25, 0.3) is 0 Å². The Morgan fingerprint density at radius 2 is 1.91 bits per heavy atom. The Morgan fingerprint density at radius 3 is 2.59 bits per heavy atom. The van der Waals surface area contributed by atoms with Crippen LogP contribution in [-0.4, -0.2) is 40.5 Å². The number of hydrogen-bond acceptors (Lipinski definition) is 7. The number of hydrogen-bond donors (Lipinski definition) is 0. The molecule has 0 bridgehead atoms. The summed E-state index contributed by atoms with van der Waals surface area (Å²) in [7, 11) is 1.58. The number of nitro benzene ring substituents is 1. The first-order chi connectivity index (χ1) is 15.5. The van der Waals surface area contributed by atoms with Crippen molar-refractivity contribution in [3.8, 4) is 11.5 Å². The summed E-state index contributed by atoms with van der Waals surface area (Å²) in [5, 5.41) is 11.5. The first-order valence-corrected chi connectivity index (χ1v) is 11.5. The molecule has 3 aromatic rings. The minimum absolute atomic E-state index is 0.133. The molecule has 2 atom stereocenters. The maximum absolute atomic E-state index is 13.4. The number of nitrogens with zero attached hydrogens (tertiary/aromatic N) is 2. The highest BCUT2D eigenvalue weighted by Crippen LogP contribution is 2.39. The molecule has 4 rings (SSSR count). The van der Waals surface area contributed by atoms with Crippen LogP contribution >= 0.6 is 0 Å². The van der Waals surface area contributed by atoms with Gasteiger partial charge in [0.2, 0.25) is 0 Å². The minimum Gasteiger partial charge on any atom is -0.493 e. The van der Waals surface area contributed by atoms with E-state index in [1.165, 1.54) is 6.07 Å². The Kier molecular flexibility index (Phi) is 6.57. The lowest BCUT2D eigenvalue weighted by Crippen LogP contribution is -2.37. The lowest BCUT2D eigenvalue weighted by molar-refractivity contribution is -0.387. The second-order valence-corrected chi connectivity index (χ2v) is 8.92. The van der Waals surface area contributed by atoms with E-state index in [0.717, 1.165) is 29.9 Å². The summed E-state index contributed by atoms with van der Waals surface area (Å²) in [5.41, 5.74) is 1.93. The second-order valence-electron chi connectivity index (χ2n) is 7.46. The fourth-order valence-electron chi connectivity index (χ4n) is 4.10. The Morgan fingerprint density at radius 1 is 1.16 bits per heavy atom. The number of methoxy groups -OCH3 is 2. The van der Waals surface area contributed by atoms with E-state index in [4.69, 9.17) is 13.9 Å². The number of benzene rings is 2. The topological polar surface area (TPSA) is 95.0 Å². The van der Waals surface area contributed by atoms with Crippen LogP contribution in [0.3, 0.4) is 0 Å². The van der Waals surface area contributed by atoms with E-state index in [1.54, 1.807) is 38.7 Å². The third-order valence-corrected chi connectivity index (χ3v) is 7.12. The van der Waals surface area contributed by atoms with Crippen molar-refractivity contribution in [3.05, 3.63) is 81.8 Å². The number of para-hydroxylation sites is 1. The van der Waals surface area contributed by atoms with E-state index in [1.807, 2.05) is 24.3 Å². The molecule has 1 aromatic heterocycles. The van der Waals surface area contributed by atoms with Crippen LogP contribution in [-0.2, 0) is 23.8 Å². The largest absolute Gasteiger partial charge is 0.493 e. The van der Waals surface area contributed by atoms with Crippen molar-refractivity contribution in [2.75, 3.05) is 26.5 Å². The molecule has 0 unspecified atom stereocenters. The molecule has 1 aliphatic rings. The molecular weight excluding hydrogens is 432 g/mol. The number of furan rings is 1. The number of fused-ring (bicyclic) bond motifs is 1. The zero-order valence-corrected chi connectivity index (χ0v) is 18.7. The van der Waals surface area contributed by atoms with Gasteiger partial charge < -0.3 is 13.9 Å². The highest BCUT2D eigenvalue weighted by atomic mass is 32.2. The van der Waals surface area contributed by atoms with E-state index >= 15 is 0 Å². The third-order valence-electron chi connectivity index (χ3n) is 5.67. The normalized spacial score (nSPS) is 16.9. The lowest BCUT2D eigenvalue weighted by Gasteiger charge is -2.37. The van der Waals surface area contributed by atoms with Gasteiger partial charge in [-0.3, -0.25) is 19.2 Å². The molecule has 32 heavy (non-hydrogen) atoms. The standard InChI is InChI=1S/C23H24N2O6S/c1-29-21-12-16-9-10-24(14-17-6-5-11-31-17)20(18(16)13-22(21)30-2)15-32(28)23-8-4-3-7-19(23)25(26)27/h3-8,11-13,20H,9-10,14-15H2,1-2H3/t20-,32+/m0/s1. The van der Waals surface area contributed by atoms with Crippen LogP contribution in [0.1, 0.15) is 22.9 Å². The molecule has 0 saturated carbocycles. The average Bonchev–Trinajstić information content (AvgIpc) is 3.32. The highest BCUT2D eigenvalue weighted by Gasteiger charge is 2.32. The Hall–Kier alpha value is -3.17. The zero-order valence-electron chi connectivity index (χ0n) is 17.9. The summed E-state index contributed by atoms with van der Waals surface area (Å²) in [6, 6.07) is 13.6. The van der Waals surface area contributed by atoms with Crippen LogP contribution in [0.2, 0.25) is 0 Å². The molecule has 0 amide bonds. The molecule has 0 N–H and O–H groups in total. The average molecular weight is 457 g/mol. The number of ether oxygens (including phenoxy) is 2. The molecule has 168 valence electrons. The van der Waals surface area contributed by atoms with E-state index in [9.17, 15) is 14.3 Å². The van der Waals surface area contributed by atoms with Crippen LogP contribution in [0.4, 0.5) is 5.69 Å². The predicted octanol–water partition coefficient (Wildman–Crippen LogP) is 4.11. The van der Waals surface area contributed by atoms with Gasteiger partial charge in [-0.05, 0) is 47.9 Å². The molecule has 0 aliphatic carbocycles. The monoisotopic (exact) mass is 456 g/mol. The molecular formula is C23H24N2O6S. The van der Waals surface area contributed by atoms with Gasteiger partial charge in [0.15, 0.2) is 11.5 Å². The summed E-state index contributed by atoms with van der Waals surface area (Å²) >= 11 is 0. The van der Waals surface area contributed by atoms with Crippen molar-refractivity contribution < 1.29 is 23.0 Å². The SMILES string of the molecule is COc1cc2c(cc1OC)[C@H](C[S@@](=O)c1ccccc1[N+](=O)[O-])N(Cc1ccco1)CC2. The van der Waals surface area contributed by atoms with Crippen molar-refractivity contribution >= 4 is 16.5 Å². The summed E-state index contributed by atoms with van der Waals surface area (Å²) in [4.78, 5) is 13.4. The molecule has 8 nitrogen and oxygen atoms in total. The summed E-state index contributed by atoms with van der Waals surface area (Å²) in [6.45, 7) is 1.27. The van der Waals surface area contributed by atoms with Gasteiger partial charge in [-0.2, -0.15) is 0 Å². The fraction of sp³-hybridized carbons (Fsp3) is 0.304. The highest BCUT2D eigenvalue weighted by molar-refractivity contribution is 7.85. The molecule has 0 fully saturated rings. The van der Waals surface area contributed by atoms with Crippen molar-refractivity contribution in [1.82, 2.24) is 4.90 Å². The first-order valence-electron chi connectivity index (χ1n) is 10.1. The van der Waals surface area contributed by atoms with Crippen molar-refractivity contribution in [1.29, 1.82) is 0 Å². The Bertz CT molecular complexity index is 1130. The third kappa shape index (κ3) is 4.39. The smallest absolute Gasteiger partial charge is 0.285 e. The van der Waals surface area contributed by atoms with E-state index in [0.29, 0.717) is 18.0 Å². The molecule has 0 saturated heterocycles. The molecule has 9 heteroatoms. The van der Waals surface area contributed by atoms with E-state index < -0.39 is 15.7 Å². The van der Waals surface area contributed by atoms with E-state index in [2.05, 4.69) is 4.90 Å². The second kappa shape index (κ2) is 9.54. The lowest BCUT2D eigenvalue weighted by atomic mass is 9.92. The molecule has 0 spiro atoms. The molecule has 2 heterocycles. The van der Waals surface area contributed by atoms with Crippen molar-refractivity contribution in [2.45, 2.75) is 23.9 Å². The predicted molar refractivity (Wildman–Crippen MR) is 119 cm³/mol. The number of nitro groups is 1. The van der Waals surface area contributed by atoms with Crippen LogP contribution in [0.5, 0.6) is 11.5 Å². The van der Waals surface area contributed by atoms with Gasteiger partial charge in [0.25, 0.3) is 5.69 Å². The van der Waals surface area contributed by atoms with Gasteiger partial charge in [-0.25, -0.2) is 0 Å². The van der Waals surface area contributed by atoms with Gasteiger partial charge in [-0.15, -0.1) is 0 Å². The van der Waals surface area contributed by atoms with Gasteiger partial charge in [-0.1, -0.05) is 12.1 Å². The Labute approximate surface area is 188 Å². The maximum Gasteiger partial charge on any atom is 0.285 e. The summed E-state index contributed by atoms with van der Waals surface area (Å²) < 4.78 is 29.9. The van der Waals surface area contributed by atoms with Gasteiger partial charge in [0.1, 0.15) is 10.7 Å². The van der Waals surface area contributed by atoms with Crippen LogP contribution in [0, 0.1) is 10.1 Å². The van der Waals surface area contributed by atoms with E-state index in [-0.39, 0.29) is 22.4 Å². The zero-order chi connectivity index (χ0) is 22.7. The minimum atomic E-state index is -1.59. The van der Waals surface area contributed by atoms with Gasteiger partial charge in [0.05, 0.1) is 42.8 Å². The first kappa shape index (κ1) is 22.0. The summed E-state index contributed by atoms with van der Waals surface area (Å²) in [6.07, 6.45) is 2.41. The maximum atomic E-state index is 13.4.